The van der Waals surface area contributed by atoms with Crippen molar-refractivity contribution in [1.29, 1.82) is 0 Å². The minimum Gasteiger partial charge on any atom is -0.379 e. The maximum atomic E-state index is 12.8. The highest BCUT2D eigenvalue weighted by molar-refractivity contribution is 7.89. The van der Waals surface area contributed by atoms with Crippen molar-refractivity contribution in [1.82, 2.24) is 19.2 Å². The van der Waals surface area contributed by atoms with E-state index in [4.69, 9.17) is 4.74 Å². The monoisotopic (exact) mass is 454 g/mol. The molecule has 32 heavy (non-hydrogen) atoms. The summed E-state index contributed by atoms with van der Waals surface area (Å²) in [5.74, 6) is 0.573. The number of carbonyl (C=O) groups excluding carboxylic acids is 1. The average Bonchev–Trinajstić information content (AvgIpc) is 3.12. The van der Waals surface area contributed by atoms with Gasteiger partial charge in [0.15, 0.2) is 0 Å². The number of nitrogens with zero attached hydrogens (tertiary/aromatic N) is 3. The van der Waals surface area contributed by atoms with Crippen LogP contribution in [0.1, 0.15) is 27.3 Å². The minimum atomic E-state index is -3.53. The number of aromatic nitrogens is 2. The van der Waals surface area contributed by atoms with E-state index in [1.165, 1.54) is 4.31 Å². The standard InChI is InChI=1S/C23H26N4O4S/c1-17-15-21(18(2)27(17)22-5-3-4-10-24-22)23(28)25-16-19-6-8-20(9-7-19)32(29,30)26-11-13-31-14-12-26/h3-10,15H,11-14,16H2,1-2H3,(H,25,28). The molecule has 0 spiro atoms. The number of amides is 1. The summed E-state index contributed by atoms with van der Waals surface area (Å²) in [5.41, 5.74) is 3.13. The minimum absolute atomic E-state index is 0.190. The van der Waals surface area contributed by atoms with Crippen molar-refractivity contribution in [2.45, 2.75) is 25.3 Å². The van der Waals surface area contributed by atoms with Gasteiger partial charge in [-0.2, -0.15) is 4.31 Å². The van der Waals surface area contributed by atoms with Crippen LogP contribution in [0.5, 0.6) is 0 Å². The summed E-state index contributed by atoms with van der Waals surface area (Å²) < 4.78 is 34.1. The van der Waals surface area contributed by atoms with E-state index in [9.17, 15) is 13.2 Å². The Hall–Kier alpha value is -3.01. The van der Waals surface area contributed by atoms with E-state index in [0.717, 1.165) is 22.8 Å². The Labute approximate surface area is 187 Å². The molecule has 3 aromatic rings. The molecular weight excluding hydrogens is 428 g/mol. The second-order valence-electron chi connectivity index (χ2n) is 7.65. The fourth-order valence-electron chi connectivity index (χ4n) is 3.82. The van der Waals surface area contributed by atoms with E-state index in [0.29, 0.717) is 38.4 Å². The van der Waals surface area contributed by atoms with Crippen molar-refractivity contribution in [2.24, 2.45) is 0 Å². The maximum absolute atomic E-state index is 12.8. The second kappa shape index (κ2) is 9.23. The van der Waals surface area contributed by atoms with Crippen molar-refractivity contribution < 1.29 is 17.9 Å². The number of sulfonamides is 1. The van der Waals surface area contributed by atoms with Gasteiger partial charge >= 0.3 is 0 Å². The van der Waals surface area contributed by atoms with Gasteiger partial charge in [-0.3, -0.25) is 4.79 Å². The van der Waals surface area contributed by atoms with Crippen LogP contribution in [0.25, 0.3) is 5.82 Å². The van der Waals surface area contributed by atoms with E-state index in [2.05, 4.69) is 10.3 Å². The Morgan fingerprint density at radius 1 is 1.09 bits per heavy atom. The van der Waals surface area contributed by atoms with Gasteiger partial charge in [-0.05, 0) is 49.7 Å². The lowest BCUT2D eigenvalue weighted by Crippen LogP contribution is -2.40. The molecule has 1 aromatic carbocycles. The number of nitrogens with one attached hydrogen (secondary N) is 1. The Balaban J connectivity index is 1.44. The van der Waals surface area contributed by atoms with E-state index >= 15 is 0 Å². The first-order valence-electron chi connectivity index (χ1n) is 10.4. The molecule has 9 heteroatoms. The van der Waals surface area contributed by atoms with Crippen LogP contribution < -0.4 is 5.32 Å². The first-order valence-corrected chi connectivity index (χ1v) is 11.9. The van der Waals surface area contributed by atoms with Gasteiger partial charge in [-0.1, -0.05) is 18.2 Å². The third kappa shape index (κ3) is 4.45. The molecule has 4 rings (SSSR count). The first kappa shape index (κ1) is 22.2. The van der Waals surface area contributed by atoms with E-state index < -0.39 is 10.0 Å². The largest absolute Gasteiger partial charge is 0.379 e. The van der Waals surface area contributed by atoms with Gasteiger partial charge in [0.1, 0.15) is 5.82 Å². The van der Waals surface area contributed by atoms with Gasteiger partial charge in [-0.25, -0.2) is 13.4 Å². The molecule has 1 saturated heterocycles. The van der Waals surface area contributed by atoms with Crippen LogP contribution in [0.3, 0.4) is 0 Å². The molecule has 1 fully saturated rings. The van der Waals surface area contributed by atoms with Crippen LogP contribution in [-0.2, 0) is 21.3 Å². The summed E-state index contributed by atoms with van der Waals surface area (Å²) in [6, 6.07) is 14.1. The zero-order valence-electron chi connectivity index (χ0n) is 18.1. The molecule has 1 N–H and O–H groups in total. The SMILES string of the molecule is Cc1cc(C(=O)NCc2ccc(S(=O)(=O)N3CCOCC3)cc2)c(C)n1-c1ccccn1. The molecule has 0 atom stereocenters. The molecule has 8 nitrogen and oxygen atoms in total. The second-order valence-corrected chi connectivity index (χ2v) is 9.59. The fourth-order valence-corrected chi connectivity index (χ4v) is 5.23. The van der Waals surface area contributed by atoms with Crippen LogP contribution in [-0.4, -0.2) is 54.5 Å². The molecule has 3 heterocycles. The molecule has 1 aliphatic rings. The topological polar surface area (TPSA) is 93.5 Å². The lowest BCUT2D eigenvalue weighted by Gasteiger charge is -2.26. The van der Waals surface area contributed by atoms with Gasteiger partial charge in [0.05, 0.1) is 23.7 Å². The number of morpholine rings is 1. The summed E-state index contributed by atoms with van der Waals surface area (Å²) in [7, 11) is -3.53. The zero-order valence-corrected chi connectivity index (χ0v) is 18.9. The Morgan fingerprint density at radius 2 is 1.81 bits per heavy atom. The molecule has 0 unspecified atom stereocenters. The zero-order chi connectivity index (χ0) is 22.7. The number of benzene rings is 1. The number of hydrogen-bond acceptors (Lipinski definition) is 5. The summed E-state index contributed by atoms with van der Waals surface area (Å²) in [6.07, 6.45) is 1.72. The third-order valence-electron chi connectivity index (χ3n) is 5.54. The molecule has 0 aliphatic carbocycles. The Morgan fingerprint density at radius 3 is 2.47 bits per heavy atom. The molecule has 0 bridgehead atoms. The van der Waals surface area contributed by atoms with Gasteiger partial charge in [0.2, 0.25) is 10.0 Å². The number of rotatable bonds is 6. The summed E-state index contributed by atoms with van der Waals surface area (Å²) in [5, 5.41) is 2.92. The first-order chi connectivity index (χ1) is 15.4. The molecule has 1 amide bonds. The summed E-state index contributed by atoms with van der Waals surface area (Å²) in [6.45, 7) is 5.65. The Kier molecular flexibility index (Phi) is 6.40. The molecule has 0 radical (unpaired) electrons. The predicted octanol–water partition coefficient (Wildman–Crippen LogP) is 2.44. The van der Waals surface area contributed by atoms with Crippen LogP contribution in [0.2, 0.25) is 0 Å². The highest BCUT2D eigenvalue weighted by Gasteiger charge is 2.26. The number of carbonyl (C=O) groups is 1. The number of ether oxygens (including phenoxy) is 1. The van der Waals surface area contributed by atoms with E-state index in [1.54, 1.807) is 30.5 Å². The quantitative estimate of drug-likeness (QED) is 0.618. The van der Waals surface area contributed by atoms with Crippen molar-refractivity contribution >= 4 is 15.9 Å². The molecular formula is C23H26N4O4S. The Bertz CT molecular complexity index is 1200. The molecule has 2 aromatic heterocycles. The smallest absolute Gasteiger partial charge is 0.253 e. The van der Waals surface area contributed by atoms with Crippen LogP contribution in [0, 0.1) is 13.8 Å². The molecule has 168 valence electrons. The van der Waals surface area contributed by atoms with E-state index in [-0.39, 0.29) is 10.8 Å². The highest BCUT2D eigenvalue weighted by atomic mass is 32.2. The van der Waals surface area contributed by atoms with Gasteiger partial charge in [-0.15, -0.1) is 0 Å². The highest BCUT2D eigenvalue weighted by Crippen LogP contribution is 2.20. The number of pyridine rings is 1. The van der Waals surface area contributed by atoms with Gasteiger partial charge in [0, 0.05) is 37.2 Å². The summed E-state index contributed by atoms with van der Waals surface area (Å²) in [4.78, 5) is 17.4. The van der Waals surface area contributed by atoms with Crippen molar-refractivity contribution in [3.63, 3.8) is 0 Å². The molecule has 0 saturated carbocycles. The van der Waals surface area contributed by atoms with Gasteiger partial charge < -0.3 is 14.6 Å². The predicted molar refractivity (Wildman–Crippen MR) is 120 cm³/mol. The van der Waals surface area contributed by atoms with Crippen molar-refractivity contribution in [2.75, 3.05) is 26.3 Å². The van der Waals surface area contributed by atoms with Crippen molar-refractivity contribution in [3.8, 4) is 5.82 Å². The van der Waals surface area contributed by atoms with Crippen LogP contribution in [0.4, 0.5) is 0 Å². The van der Waals surface area contributed by atoms with Crippen LogP contribution in [0.15, 0.2) is 59.6 Å². The van der Waals surface area contributed by atoms with Crippen molar-refractivity contribution in [3.05, 3.63) is 77.2 Å². The van der Waals surface area contributed by atoms with E-state index in [1.807, 2.05) is 42.7 Å². The lowest BCUT2D eigenvalue weighted by molar-refractivity contribution is 0.0730. The molecule has 1 aliphatic heterocycles. The number of aryl methyl sites for hydroxylation is 1. The lowest BCUT2D eigenvalue weighted by atomic mass is 10.2. The number of hydrogen-bond donors (Lipinski definition) is 1. The van der Waals surface area contributed by atoms with Crippen LogP contribution >= 0.6 is 0 Å². The van der Waals surface area contributed by atoms with Gasteiger partial charge in [0.25, 0.3) is 5.91 Å². The average molecular weight is 455 g/mol. The summed E-state index contributed by atoms with van der Waals surface area (Å²) >= 11 is 0. The third-order valence-corrected chi connectivity index (χ3v) is 7.45. The maximum Gasteiger partial charge on any atom is 0.253 e. The normalized spacial score (nSPS) is 14.9. The fraction of sp³-hybridized carbons (Fsp3) is 0.304.